The maximum Gasteiger partial charge on any atom is 0.253 e. The minimum absolute atomic E-state index is 0.0322. The molecule has 2 N–H and O–H groups in total. The van der Waals surface area contributed by atoms with E-state index < -0.39 is 0 Å². The molecule has 5 unspecified atom stereocenters. The number of hydrogen-bond acceptors (Lipinski definition) is 10. The van der Waals surface area contributed by atoms with Crippen molar-refractivity contribution >= 4 is 62.6 Å². The van der Waals surface area contributed by atoms with Crippen molar-refractivity contribution in [2.45, 2.75) is 108 Å². The number of carbonyl (C=O) groups is 3. The predicted molar refractivity (Wildman–Crippen MR) is 340 cm³/mol. The van der Waals surface area contributed by atoms with Gasteiger partial charge in [0.25, 0.3) is 11.8 Å². The second kappa shape index (κ2) is 25.6. The first-order chi connectivity index (χ1) is 42.4. The summed E-state index contributed by atoms with van der Waals surface area (Å²) in [7, 11) is 3.37. The Morgan fingerprint density at radius 3 is 1.80 bits per heavy atom. The molecule has 6 heterocycles. The van der Waals surface area contributed by atoms with E-state index in [1.165, 1.54) is 28.9 Å². The van der Waals surface area contributed by atoms with Gasteiger partial charge in [-0.25, -0.2) is 4.39 Å². The summed E-state index contributed by atoms with van der Waals surface area (Å²) in [4.78, 5) is 52.0. The van der Waals surface area contributed by atoms with Crippen LogP contribution in [-0.4, -0.2) is 150 Å². The number of ether oxygens (including phenoxy) is 3. The van der Waals surface area contributed by atoms with Gasteiger partial charge in [0.1, 0.15) is 29.7 Å². The van der Waals surface area contributed by atoms with E-state index in [0.29, 0.717) is 82.9 Å². The third-order valence-corrected chi connectivity index (χ3v) is 20.0. The summed E-state index contributed by atoms with van der Waals surface area (Å²) in [5, 5.41) is 9.25. The summed E-state index contributed by atoms with van der Waals surface area (Å²) in [6, 6.07) is 33.0. The summed E-state index contributed by atoms with van der Waals surface area (Å²) in [6.07, 6.45) is 14.4. The van der Waals surface area contributed by atoms with Crippen molar-refractivity contribution in [3.8, 4) is 17.2 Å². The number of ketones is 1. The van der Waals surface area contributed by atoms with Crippen LogP contribution in [-0.2, 0) is 19.6 Å². The van der Waals surface area contributed by atoms with Gasteiger partial charge in [-0.3, -0.25) is 34.0 Å². The summed E-state index contributed by atoms with van der Waals surface area (Å²) in [5.74, 6) is 1.91. The Morgan fingerprint density at radius 1 is 0.667 bits per heavy atom. The number of para-hydroxylation sites is 2. The molecular weight excluding hydrogens is 1140 g/mol. The highest BCUT2D eigenvalue weighted by atomic mass is 35.5. The highest BCUT2D eigenvalue weighted by Gasteiger charge is 2.44. The number of Topliss-reactive ketones (excluding diaryl/α,β-unsaturated/α-hetero) is 1. The Kier molecular flexibility index (Phi) is 17.4. The van der Waals surface area contributed by atoms with E-state index in [0.717, 1.165) is 148 Å². The summed E-state index contributed by atoms with van der Waals surface area (Å²) < 4.78 is 36.8. The number of carbonyl (C=O) groups excluding carboxylic acids is 3. The van der Waals surface area contributed by atoms with Crippen LogP contribution < -0.4 is 24.8 Å². The van der Waals surface area contributed by atoms with Crippen LogP contribution in [0.25, 0.3) is 21.8 Å². The van der Waals surface area contributed by atoms with Crippen molar-refractivity contribution in [1.82, 2.24) is 39.4 Å². The molecule has 7 aromatic rings. The molecule has 4 aliphatic heterocycles. The van der Waals surface area contributed by atoms with Gasteiger partial charge < -0.3 is 34.0 Å². The fourth-order valence-corrected chi connectivity index (χ4v) is 15.7. The third kappa shape index (κ3) is 12.6. The van der Waals surface area contributed by atoms with Gasteiger partial charge in [0, 0.05) is 134 Å². The molecule has 6 aliphatic rings. The number of fused-ring (bicyclic) bond motifs is 7. The van der Waals surface area contributed by atoms with Crippen molar-refractivity contribution in [3.05, 3.63) is 182 Å². The number of aromatic nitrogens is 2. The Morgan fingerprint density at radius 2 is 1.23 bits per heavy atom. The average Bonchev–Trinajstić information content (AvgIpc) is 1.72. The molecule has 4 saturated heterocycles. The molecule has 2 aromatic heterocycles. The van der Waals surface area contributed by atoms with E-state index in [-0.39, 0.29) is 35.4 Å². The number of allylic oxidation sites excluding steroid dienone is 3. The number of halogens is 3. The number of nitrogens with one attached hydrogen (secondary N) is 2. The van der Waals surface area contributed by atoms with Crippen LogP contribution in [0.3, 0.4) is 0 Å². The van der Waals surface area contributed by atoms with Crippen LogP contribution in [0.4, 0.5) is 4.39 Å². The molecule has 4 fully saturated rings. The first-order valence-electron chi connectivity index (χ1n) is 31.1. The van der Waals surface area contributed by atoms with Gasteiger partial charge in [0.15, 0.2) is 5.78 Å². The summed E-state index contributed by atoms with van der Waals surface area (Å²) in [5.41, 5.74) is 9.88. The molecule has 6 atom stereocenters. The van der Waals surface area contributed by atoms with E-state index in [9.17, 15) is 18.8 Å². The maximum absolute atomic E-state index is 14.6. The molecule has 0 saturated carbocycles. The Balaban J connectivity index is 0.647. The van der Waals surface area contributed by atoms with Crippen LogP contribution >= 0.6 is 23.2 Å². The smallest absolute Gasteiger partial charge is 0.253 e. The van der Waals surface area contributed by atoms with Crippen molar-refractivity contribution in [3.63, 3.8) is 0 Å². The maximum atomic E-state index is 14.6. The highest BCUT2D eigenvalue weighted by molar-refractivity contribution is 6.35. The van der Waals surface area contributed by atoms with Gasteiger partial charge in [-0.1, -0.05) is 77.8 Å². The van der Waals surface area contributed by atoms with Crippen LogP contribution in [0.15, 0.2) is 138 Å². The van der Waals surface area contributed by atoms with Gasteiger partial charge in [-0.2, -0.15) is 0 Å². The lowest BCUT2D eigenvalue weighted by Gasteiger charge is -2.45. The van der Waals surface area contributed by atoms with E-state index in [2.05, 4.69) is 64.5 Å². The van der Waals surface area contributed by atoms with Crippen LogP contribution in [0, 0.1) is 18.7 Å². The molecular formula is C70H77Cl2FN8O6. The summed E-state index contributed by atoms with van der Waals surface area (Å²) in [6.45, 7) is 10.6. The highest BCUT2D eigenvalue weighted by Crippen LogP contribution is 2.49. The normalized spacial score (nSPS) is 21.4. The number of benzene rings is 5. The second-order valence-corrected chi connectivity index (χ2v) is 25.7. The Hall–Kier alpha value is -6.98. The number of amides is 2. The van der Waals surface area contributed by atoms with Crippen LogP contribution in [0.5, 0.6) is 17.2 Å². The molecule has 4 bridgehead atoms. The molecule has 13 rings (SSSR count). The Bertz CT molecular complexity index is 3750. The lowest BCUT2D eigenvalue weighted by molar-refractivity contribution is 0.0192. The van der Waals surface area contributed by atoms with Gasteiger partial charge in [-0.15, -0.1) is 0 Å². The molecule has 0 radical (unpaired) electrons. The molecule has 2 aliphatic carbocycles. The number of methoxy groups -OCH3 is 2. The topological polar surface area (TPSA) is 126 Å². The number of hydrogen-bond donors (Lipinski definition) is 2. The first-order valence-corrected chi connectivity index (χ1v) is 31.8. The zero-order valence-corrected chi connectivity index (χ0v) is 51.4. The second-order valence-electron chi connectivity index (χ2n) is 24.8. The zero-order valence-electron chi connectivity index (χ0n) is 49.9. The third-order valence-electron chi connectivity index (χ3n) is 19.6. The van der Waals surface area contributed by atoms with Crippen molar-refractivity contribution in [2.24, 2.45) is 5.92 Å². The van der Waals surface area contributed by atoms with Gasteiger partial charge in [-0.05, 0) is 147 Å². The molecule has 14 nitrogen and oxygen atoms in total. The lowest BCUT2D eigenvalue weighted by Crippen LogP contribution is -2.57. The fourth-order valence-electron chi connectivity index (χ4n) is 15.2. The number of likely N-dealkylation sites (tertiary alicyclic amines) is 2. The number of piperazine rings is 2. The van der Waals surface area contributed by atoms with Crippen molar-refractivity contribution < 1.29 is 33.0 Å². The largest absolute Gasteiger partial charge is 0.495 e. The van der Waals surface area contributed by atoms with Gasteiger partial charge in [0.2, 0.25) is 0 Å². The standard InChI is InChI=1S/C70H77Cl2FN8O6/c1-44-10-4-5-11-45(44)34-74-69(83)62-40-77(67-58(62)12-6-14-65(67)85-2)25-9-27-81-54-20-21-55(81)39-79(38-54)56(43-87-57-22-16-51(73)17-23-57)31-46-28-47-32-60(47)61(46)35-75-70(84)63-41-78(68-59(63)13-7-15-66(68)86-3)24-8-26-80-52-18-19-53(80)37-76(36-52)42-64(82)48-29-49(71)33-50(72)30-48/h4-7,10-17,22-23,29-30,32-33,40-41,46,52-56H,8-9,18-21,24-28,31,34-39,42-43H2,1-3H3,(H,74,83)(H,75,84)/t46?,52-,53?,54?,55?,56?/m0/s1. The minimum Gasteiger partial charge on any atom is -0.495 e. The predicted octanol–water partition coefficient (Wildman–Crippen LogP) is 11.8. The molecule has 2 amide bonds. The number of aryl methyl sites for hydroxylation is 3. The first kappa shape index (κ1) is 59.0. The van der Waals surface area contributed by atoms with E-state index >= 15 is 0 Å². The fraction of sp³-hybridized carbons (Fsp3) is 0.414. The molecule has 454 valence electrons. The van der Waals surface area contributed by atoms with E-state index in [1.54, 1.807) is 44.6 Å². The molecule has 5 aromatic carbocycles. The van der Waals surface area contributed by atoms with Crippen molar-refractivity contribution in [2.75, 3.05) is 73.2 Å². The van der Waals surface area contributed by atoms with Gasteiger partial charge >= 0.3 is 0 Å². The van der Waals surface area contributed by atoms with E-state index in [1.807, 2.05) is 60.9 Å². The summed E-state index contributed by atoms with van der Waals surface area (Å²) >= 11 is 12.5. The SMILES string of the molecule is COc1cccc2c(C(=O)NCC3=C4C=C4CC3CC(COc3ccc(F)cc3)N3CC4CCC(C3)N4CCCn3cc(C(=O)NCc4ccccc4C)c4cccc(OC)c43)cn(CCCN3C4CC[C@H]3CN(CC(=O)c3cc(Cl)cc(Cl)c3)C4)c12. The van der Waals surface area contributed by atoms with Gasteiger partial charge in [0.05, 0.1) is 42.9 Å². The molecule has 0 spiro atoms. The van der Waals surface area contributed by atoms with Crippen LogP contribution in [0.2, 0.25) is 10.0 Å². The lowest BCUT2D eigenvalue weighted by atomic mass is 9.90. The van der Waals surface area contributed by atoms with Crippen molar-refractivity contribution in [1.29, 1.82) is 0 Å². The Labute approximate surface area is 518 Å². The monoisotopic (exact) mass is 1210 g/mol. The quantitative estimate of drug-likeness (QED) is 0.0534. The molecule has 87 heavy (non-hydrogen) atoms. The zero-order chi connectivity index (χ0) is 59.9. The van der Waals surface area contributed by atoms with Crippen LogP contribution in [0.1, 0.15) is 93.6 Å². The minimum atomic E-state index is -0.293. The molecule has 17 heteroatoms. The number of nitrogens with zero attached hydrogens (tertiary/aromatic N) is 6. The van der Waals surface area contributed by atoms with E-state index in [4.69, 9.17) is 37.4 Å². The number of rotatable bonds is 25. The average molecular weight is 1220 g/mol.